The van der Waals surface area contributed by atoms with Crippen molar-refractivity contribution in [3.05, 3.63) is 42.0 Å². The predicted molar refractivity (Wildman–Crippen MR) is 92.6 cm³/mol. The Labute approximate surface area is 149 Å². The summed E-state index contributed by atoms with van der Waals surface area (Å²) in [5.41, 5.74) is 1.94. The van der Waals surface area contributed by atoms with Crippen LogP contribution >= 0.6 is 0 Å². The summed E-state index contributed by atoms with van der Waals surface area (Å²) in [7, 11) is 0. The molecule has 1 saturated heterocycles. The molecule has 0 aromatic heterocycles. The molecule has 1 N–H and O–H groups in total. The van der Waals surface area contributed by atoms with Crippen molar-refractivity contribution < 1.29 is 22.7 Å². The Kier molecular flexibility index (Phi) is 4.60. The molecular weight excluding hydrogens is 345 g/mol. The van der Waals surface area contributed by atoms with Crippen molar-refractivity contribution >= 4 is 16.7 Å². The number of nitrogens with one attached hydrogen (secondary N) is 1. The Morgan fingerprint density at radius 1 is 1.08 bits per heavy atom. The number of carbonyl (C=O) groups is 1. The Morgan fingerprint density at radius 2 is 1.73 bits per heavy atom. The highest BCUT2D eigenvalue weighted by molar-refractivity contribution is 5.91. The minimum atomic E-state index is -4.53. The van der Waals surface area contributed by atoms with Crippen molar-refractivity contribution in [3.63, 3.8) is 0 Å². The Bertz CT molecular complexity index is 828. The fourth-order valence-electron chi connectivity index (χ4n) is 3.16. The summed E-state index contributed by atoms with van der Waals surface area (Å²) in [5.74, 6) is 0.125. The third-order valence-electron chi connectivity index (χ3n) is 4.10. The summed E-state index contributed by atoms with van der Waals surface area (Å²) >= 11 is 0. The highest BCUT2D eigenvalue weighted by Gasteiger charge is 2.47. The summed E-state index contributed by atoms with van der Waals surface area (Å²) in [5, 5.41) is 2.03. The number of hydrazine groups is 1. The standard InChI is InChI=1S/C19H21F3N2O2/c1-18(2,3)26-15-9-8-14(12-6-4-5-7-13(12)15)17(19(20,21)22)24-11-10-16(25)23-24/h4-9,17H,10-11H2,1-3H3,(H,23,25). The van der Waals surface area contributed by atoms with Crippen LogP contribution in [-0.2, 0) is 4.79 Å². The van der Waals surface area contributed by atoms with Crippen molar-refractivity contribution in [2.75, 3.05) is 6.54 Å². The van der Waals surface area contributed by atoms with E-state index < -0.39 is 23.7 Å². The normalized spacial score (nSPS) is 17.4. The summed E-state index contributed by atoms with van der Waals surface area (Å²) < 4.78 is 47.5. The number of nitrogens with zero attached hydrogens (tertiary/aromatic N) is 1. The molecular formula is C19H21F3N2O2. The molecule has 1 fully saturated rings. The van der Waals surface area contributed by atoms with Gasteiger partial charge >= 0.3 is 6.18 Å². The molecule has 1 heterocycles. The van der Waals surface area contributed by atoms with E-state index in [-0.39, 0.29) is 18.5 Å². The number of fused-ring (bicyclic) bond motifs is 1. The van der Waals surface area contributed by atoms with Gasteiger partial charge in [0.05, 0.1) is 0 Å². The number of amides is 1. The van der Waals surface area contributed by atoms with Crippen molar-refractivity contribution in [1.82, 2.24) is 10.4 Å². The number of hydrogen-bond acceptors (Lipinski definition) is 3. The van der Waals surface area contributed by atoms with Gasteiger partial charge in [-0.05, 0) is 37.8 Å². The van der Waals surface area contributed by atoms with Gasteiger partial charge < -0.3 is 4.74 Å². The second-order valence-corrected chi connectivity index (χ2v) is 7.34. The maximum atomic E-state index is 13.9. The molecule has 4 nitrogen and oxygen atoms in total. The maximum absolute atomic E-state index is 13.9. The van der Waals surface area contributed by atoms with E-state index >= 15 is 0 Å². The van der Waals surface area contributed by atoms with Crippen LogP contribution in [0.3, 0.4) is 0 Å². The molecule has 140 valence electrons. The van der Waals surface area contributed by atoms with Crippen molar-refractivity contribution in [3.8, 4) is 5.75 Å². The second kappa shape index (κ2) is 6.46. The number of carbonyl (C=O) groups excluding carboxylic acids is 1. The van der Waals surface area contributed by atoms with Gasteiger partial charge in [0.1, 0.15) is 11.4 Å². The SMILES string of the molecule is CC(C)(C)Oc1ccc(C(N2CCC(=O)N2)C(F)(F)F)c2ccccc12. The maximum Gasteiger partial charge on any atom is 0.409 e. The molecule has 0 saturated carbocycles. The Balaban J connectivity index is 2.14. The largest absolute Gasteiger partial charge is 0.488 e. The third-order valence-corrected chi connectivity index (χ3v) is 4.10. The van der Waals surface area contributed by atoms with Crippen LogP contribution in [0.2, 0.25) is 0 Å². The number of halogens is 3. The number of alkyl halides is 3. The van der Waals surface area contributed by atoms with E-state index in [0.29, 0.717) is 16.5 Å². The molecule has 2 aromatic carbocycles. The molecule has 1 atom stereocenters. The van der Waals surface area contributed by atoms with Crippen LogP contribution in [0.5, 0.6) is 5.75 Å². The average molecular weight is 366 g/mol. The van der Waals surface area contributed by atoms with Crippen LogP contribution in [0, 0.1) is 0 Å². The molecule has 0 spiro atoms. The molecule has 0 radical (unpaired) electrons. The first kappa shape index (κ1) is 18.5. The topological polar surface area (TPSA) is 41.6 Å². The van der Waals surface area contributed by atoms with E-state index in [1.807, 2.05) is 20.8 Å². The molecule has 0 bridgehead atoms. The third kappa shape index (κ3) is 3.77. The van der Waals surface area contributed by atoms with Crippen LogP contribution < -0.4 is 10.2 Å². The van der Waals surface area contributed by atoms with Crippen molar-refractivity contribution in [2.24, 2.45) is 0 Å². The van der Waals surface area contributed by atoms with E-state index in [0.717, 1.165) is 5.01 Å². The number of ether oxygens (including phenoxy) is 1. The first-order valence-corrected chi connectivity index (χ1v) is 8.40. The molecule has 1 amide bonds. The molecule has 7 heteroatoms. The monoisotopic (exact) mass is 366 g/mol. The molecule has 1 aliphatic rings. The lowest BCUT2D eigenvalue weighted by atomic mass is 9.97. The average Bonchev–Trinajstić information content (AvgIpc) is 2.93. The van der Waals surface area contributed by atoms with Gasteiger partial charge in [-0.1, -0.05) is 30.3 Å². The fraction of sp³-hybridized carbons (Fsp3) is 0.421. The van der Waals surface area contributed by atoms with Gasteiger partial charge in [-0.25, -0.2) is 5.01 Å². The predicted octanol–water partition coefficient (Wildman–Crippen LogP) is 4.36. The van der Waals surface area contributed by atoms with Crippen molar-refractivity contribution in [1.29, 1.82) is 0 Å². The zero-order valence-corrected chi connectivity index (χ0v) is 14.9. The minimum Gasteiger partial charge on any atom is -0.488 e. The van der Waals surface area contributed by atoms with Crippen LogP contribution in [-0.4, -0.2) is 29.2 Å². The second-order valence-electron chi connectivity index (χ2n) is 7.34. The zero-order chi connectivity index (χ0) is 19.1. The number of rotatable bonds is 3. The lowest BCUT2D eigenvalue weighted by Gasteiger charge is -2.31. The molecule has 2 aromatic rings. The van der Waals surface area contributed by atoms with E-state index in [1.165, 1.54) is 6.07 Å². The fourth-order valence-corrected chi connectivity index (χ4v) is 3.16. The highest BCUT2D eigenvalue weighted by Crippen LogP contribution is 2.42. The van der Waals surface area contributed by atoms with Gasteiger partial charge in [-0.2, -0.15) is 13.2 Å². The zero-order valence-electron chi connectivity index (χ0n) is 14.9. The van der Waals surface area contributed by atoms with Crippen molar-refractivity contribution in [2.45, 2.75) is 45.0 Å². The Hall–Kier alpha value is -2.28. The molecule has 0 aliphatic carbocycles. The summed E-state index contributed by atoms with van der Waals surface area (Å²) in [6.45, 7) is 5.66. The van der Waals surface area contributed by atoms with Gasteiger partial charge in [-0.3, -0.25) is 10.2 Å². The van der Waals surface area contributed by atoms with Crippen LogP contribution in [0.4, 0.5) is 13.2 Å². The quantitative estimate of drug-likeness (QED) is 0.878. The molecule has 26 heavy (non-hydrogen) atoms. The van der Waals surface area contributed by atoms with E-state index in [2.05, 4.69) is 5.43 Å². The lowest BCUT2D eigenvalue weighted by Crippen LogP contribution is -2.43. The first-order chi connectivity index (χ1) is 12.1. The summed E-state index contributed by atoms with van der Waals surface area (Å²) in [6.07, 6.45) is -4.48. The van der Waals surface area contributed by atoms with Crippen LogP contribution in [0.25, 0.3) is 10.8 Å². The van der Waals surface area contributed by atoms with Gasteiger partial charge in [0.2, 0.25) is 5.91 Å². The van der Waals surface area contributed by atoms with Gasteiger partial charge in [0.25, 0.3) is 0 Å². The van der Waals surface area contributed by atoms with E-state index in [1.54, 1.807) is 30.3 Å². The van der Waals surface area contributed by atoms with Gasteiger partial charge in [0, 0.05) is 18.4 Å². The van der Waals surface area contributed by atoms with E-state index in [4.69, 9.17) is 4.74 Å². The summed E-state index contributed by atoms with van der Waals surface area (Å²) in [6, 6.07) is 7.95. The van der Waals surface area contributed by atoms with Gasteiger partial charge in [-0.15, -0.1) is 0 Å². The lowest BCUT2D eigenvalue weighted by molar-refractivity contribution is -0.190. The first-order valence-electron chi connectivity index (χ1n) is 8.40. The number of hydrogen-bond donors (Lipinski definition) is 1. The Morgan fingerprint density at radius 3 is 2.27 bits per heavy atom. The number of benzene rings is 2. The molecule has 1 aliphatic heterocycles. The van der Waals surface area contributed by atoms with Crippen LogP contribution in [0.1, 0.15) is 38.8 Å². The summed E-state index contributed by atoms with van der Waals surface area (Å²) in [4.78, 5) is 11.5. The van der Waals surface area contributed by atoms with Gasteiger partial charge in [0.15, 0.2) is 6.04 Å². The highest BCUT2D eigenvalue weighted by atomic mass is 19.4. The molecule has 3 rings (SSSR count). The minimum absolute atomic E-state index is 0.0115. The van der Waals surface area contributed by atoms with E-state index in [9.17, 15) is 18.0 Å². The van der Waals surface area contributed by atoms with Crippen LogP contribution in [0.15, 0.2) is 36.4 Å². The molecule has 1 unspecified atom stereocenters. The smallest absolute Gasteiger partial charge is 0.409 e.